The maximum absolute atomic E-state index is 12.1. The third kappa shape index (κ3) is 3.72. The van der Waals surface area contributed by atoms with E-state index in [9.17, 15) is 14.9 Å². The van der Waals surface area contributed by atoms with E-state index in [-0.39, 0.29) is 12.5 Å². The summed E-state index contributed by atoms with van der Waals surface area (Å²) in [4.78, 5) is 22.4. The molecule has 0 aromatic heterocycles. The molecule has 2 aromatic rings. The zero-order chi connectivity index (χ0) is 18.0. The molecular weight excluding hydrogens is 348 g/mol. The largest absolute Gasteiger partial charge is 0.454 e. The Kier molecular flexibility index (Phi) is 4.58. The molecule has 3 rings (SSSR count). The maximum Gasteiger partial charge on any atom is 0.271 e. The van der Waals surface area contributed by atoms with Crippen molar-refractivity contribution in [2.24, 2.45) is 0 Å². The summed E-state index contributed by atoms with van der Waals surface area (Å²) < 4.78 is 10.5. The van der Waals surface area contributed by atoms with E-state index in [1.807, 2.05) is 0 Å². The molecule has 7 nitrogen and oxygen atoms in total. The molecule has 1 aliphatic heterocycles. The van der Waals surface area contributed by atoms with Crippen LogP contribution in [-0.2, 0) is 4.79 Å². The Labute approximate surface area is 148 Å². The van der Waals surface area contributed by atoms with Crippen molar-refractivity contribution in [3.05, 3.63) is 62.7 Å². The van der Waals surface area contributed by atoms with Gasteiger partial charge in [-0.15, -0.1) is 0 Å². The Bertz CT molecular complexity index is 895. The summed E-state index contributed by atoms with van der Waals surface area (Å²) in [5.41, 5.74) is 1.68. The second-order valence-electron chi connectivity index (χ2n) is 5.32. The number of nitro groups is 1. The Morgan fingerprint density at radius 3 is 2.88 bits per heavy atom. The first-order chi connectivity index (χ1) is 11.9. The molecule has 8 heteroatoms. The molecule has 1 aliphatic rings. The number of anilines is 1. The molecule has 0 aliphatic carbocycles. The minimum absolute atomic E-state index is 0.0903. The van der Waals surface area contributed by atoms with E-state index in [2.05, 4.69) is 5.32 Å². The number of halogens is 1. The number of aryl methyl sites for hydroxylation is 1. The quantitative estimate of drug-likeness (QED) is 0.506. The van der Waals surface area contributed by atoms with E-state index >= 15 is 0 Å². The van der Waals surface area contributed by atoms with E-state index in [0.29, 0.717) is 27.8 Å². The number of ether oxygens (including phenoxy) is 2. The summed E-state index contributed by atoms with van der Waals surface area (Å²) in [5.74, 6) is 0.579. The Morgan fingerprint density at radius 2 is 2.12 bits per heavy atom. The molecule has 0 saturated carbocycles. The van der Waals surface area contributed by atoms with Crippen LogP contribution in [0.1, 0.15) is 11.1 Å². The number of carbonyl (C=O) groups excluding carboxylic acids is 1. The van der Waals surface area contributed by atoms with Gasteiger partial charge in [0.15, 0.2) is 11.5 Å². The molecule has 0 bridgehead atoms. The lowest BCUT2D eigenvalue weighted by molar-refractivity contribution is -0.384. The highest BCUT2D eigenvalue weighted by atomic mass is 35.5. The van der Waals surface area contributed by atoms with Gasteiger partial charge in [0.1, 0.15) is 0 Å². The van der Waals surface area contributed by atoms with Crippen LogP contribution in [0.3, 0.4) is 0 Å². The molecule has 25 heavy (non-hydrogen) atoms. The van der Waals surface area contributed by atoms with Crippen molar-refractivity contribution in [1.82, 2.24) is 0 Å². The Balaban J connectivity index is 1.75. The molecular formula is C17H13ClN2O5. The van der Waals surface area contributed by atoms with Crippen LogP contribution in [0, 0.1) is 17.0 Å². The van der Waals surface area contributed by atoms with Crippen molar-refractivity contribution < 1.29 is 19.2 Å². The summed E-state index contributed by atoms with van der Waals surface area (Å²) in [5, 5.41) is 13.8. The molecule has 0 spiro atoms. The van der Waals surface area contributed by atoms with Gasteiger partial charge in [-0.1, -0.05) is 17.7 Å². The van der Waals surface area contributed by atoms with Crippen LogP contribution < -0.4 is 14.8 Å². The highest BCUT2D eigenvalue weighted by molar-refractivity contribution is 6.32. The predicted octanol–water partition coefficient (Wildman–Crippen LogP) is 3.94. The standard InChI is InChI=1S/C17H13ClN2O5/c1-10-2-4-12(20(22)23)8-14(10)19-16(21)5-3-11-6-13(18)17-15(7-11)24-9-25-17/h2-8H,9H2,1H3,(H,19,21). The van der Waals surface area contributed by atoms with Gasteiger partial charge in [-0.2, -0.15) is 0 Å². The Morgan fingerprint density at radius 1 is 1.32 bits per heavy atom. The fourth-order valence-electron chi connectivity index (χ4n) is 2.29. The van der Waals surface area contributed by atoms with Crippen molar-refractivity contribution in [3.8, 4) is 11.5 Å². The van der Waals surface area contributed by atoms with Gasteiger partial charge >= 0.3 is 0 Å². The second kappa shape index (κ2) is 6.82. The van der Waals surface area contributed by atoms with E-state index in [1.165, 1.54) is 18.2 Å². The normalized spacial score (nSPS) is 12.4. The summed E-state index contributed by atoms with van der Waals surface area (Å²) in [6.45, 7) is 1.86. The summed E-state index contributed by atoms with van der Waals surface area (Å²) in [7, 11) is 0. The van der Waals surface area contributed by atoms with Gasteiger partial charge in [0.25, 0.3) is 5.69 Å². The number of carbonyl (C=O) groups is 1. The van der Waals surface area contributed by atoms with Crippen molar-refractivity contribution >= 4 is 35.0 Å². The van der Waals surface area contributed by atoms with E-state index in [1.54, 1.807) is 31.2 Å². The lowest BCUT2D eigenvalue weighted by atomic mass is 10.1. The van der Waals surface area contributed by atoms with Gasteiger partial charge in [-0.3, -0.25) is 14.9 Å². The number of hydrogen-bond donors (Lipinski definition) is 1. The summed E-state index contributed by atoms with van der Waals surface area (Å²) in [6.07, 6.45) is 2.88. The Hall–Kier alpha value is -3.06. The average Bonchev–Trinajstić information content (AvgIpc) is 3.04. The first-order valence-electron chi connectivity index (χ1n) is 7.27. The van der Waals surface area contributed by atoms with Crippen LogP contribution >= 0.6 is 11.6 Å². The third-order valence-electron chi connectivity index (χ3n) is 3.57. The third-order valence-corrected chi connectivity index (χ3v) is 3.85. The minimum atomic E-state index is -0.514. The van der Waals surface area contributed by atoms with Crippen LogP contribution in [0.4, 0.5) is 11.4 Å². The van der Waals surface area contributed by atoms with Crippen LogP contribution in [0.5, 0.6) is 11.5 Å². The molecule has 2 aromatic carbocycles. The molecule has 1 heterocycles. The van der Waals surface area contributed by atoms with Crippen LogP contribution in [-0.4, -0.2) is 17.6 Å². The number of rotatable bonds is 4. The van der Waals surface area contributed by atoms with Crippen molar-refractivity contribution in [2.45, 2.75) is 6.92 Å². The van der Waals surface area contributed by atoms with Gasteiger partial charge < -0.3 is 14.8 Å². The average molecular weight is 361 g/mol. The number of nitro benzene ring substituents is 1. The van der Waals surface area contributed by atoms with Gasteiger partial charge in [-0.05, 0) is 36.3 Å². The molecule has 0 fully saturated rings. The highest BCUT2D eigenvalue weighted by Crippen LogP contribution is 2.40. The fraction of sp³-hybridized carbons (Fsp3) is 0.118. The van der Waals surface area contributed by atoms with Gasteiger partial charge in [0.05, 0.1) is 15.6 Å². The second-order valence-corrected chi connectivity index (χ2v) is 5.72. The van der Waals surface area contributed by atoms with E-state index in [4.69, 9.17) is 21.1 Å². The smallest absolute Gasteiger partial charge is 0.271 e. The van der Waals surface area contributed by atoms with Gasteiger partial charge in [0, 0.05) is 18.2 Å². The molecule has 128 valence electrons. The van der Waals surface area contributed by atoms with Crippen molar-refractivity contribution in [1.29, 1.82) is 0 Å². The number of non-ortho nitro benzene ring substituents is 1. The monoisotopic (exact) mass is 360 g/mol. The number of benzene rings is 2. The van der Waals surface area contributed by atoms with Crippen molar-refractivity contribution in [2.75, 3.05) is 12.1 Å². The minimum Gasteiger partial charge on any atom is -0.454 e. The molecule has 0 unspecified atom stereocenters. The highest BCUT2D eigenvalue weighted by Gasteiger charge is 2.17. The summed E-state index contributed by atoms with van der Waals surface area (Å²) in [6, 6.07) is 7.64. The molecule has 1 N–H and O–H groups in total. The lowest BCUT2D eigenvalue weighted by Gasteiger charge is -2.06. The zero-order valence-electron chi connectivity index (χ0n) is 13.1. The first-order valence-corrected chi connectivity index (χ1v) is 7.65. The van der Waals surface area contributed by atoms with Gasteiger partial charge in [0.2, 0.25) is 12.7 Å². The first kappa shape index (κ1) is 16.8. The maximum atomic E-state index is 12.1. The molecule has 0 radical (unpaired) electrons. The SMILES string of the molecule is Cc1ccc([N+](=O)[O-])cc1NC(=O)C=Cc1cc(Cl)c2c(c1)OCO2. The number of nitrogens with zero attached hydrogens (tertiary/aromatic N) is 1. The zero-order valence-corrected chi connectivity index (χ0v) is 13.9. The molecule has 1 amide bonds. The molecule has 0 saturated heterocycles. The summed E-state index contributed by atoms with van der Waals surface area (Å²) >= 11 is 6.08. The number of fused-ring (bicyclic) bond motifs is 1. The predicted molar refractivity (Wildman–Crippen MR) is 93.1 cm³/mol. The van der Waals surface area contributed by atoms with Gasteiger partial charge in [-0.25, -0.2) is 0 Å². The number of amides is 1. The van der Waals surface area contributed by atoms with Crippen LogP contribution in [0.2, 0.25) is 5.02 Å². The number of nitrogens with one attached hydrogen (secondary N) is 1. The topological polar surface area (TPSA) is 90.7 Å². The van der Waals surface area contributed by atoms with E-state index in [0.717, 1.165) is 5.56 Å². The van der Waals surface area contributed by atoms with Crippen LogP contribution in [0.15, 0.2) is 36.4 Å². The van der Waals surface area contributed by atoms with Crippen molar-refractivity contribution in [3.63, 3.8) is 0 Å². The number of hydrogen-bond acceptors (Lipinski definition) is 5. The van der Waals surface area contributed by atoms with Crippen LogP contribution in [0.25, 0.3) is 6.08 Å². The lowest BCUT2D eigenvalue weighted by Crippen LogP contribution is -2.09. The molecule has 0 atom stereocenters. The fourth-order valence-corrected chi connectivity index (χ4v) is 2.56. The van der Waals surface area contributed by atoms with E-state index < -0.39 is 10.8 Å².